The van der Waals surface area contributed by atoms with E-state index in [2.05, 4.69) is 10.9 Å². The van der Waals surface area contributed by atoms with Crippen LogP contribution < -0.4 is 20.3 Å². The maximum atomic E-state index is 12.2. The molecule has 0 aliphatic carbocycles. The van der Waals surface area contributed by atoms with Crippen molar-refractivity contribution in [2.75, 3.05) is 6.61 Å². The van der Waals surface area contributed by atoms with E-state index in [4.69, 9.17) is 9.47 Å². The third-order valence-corrected chi connectivity index (χ3v) is 4.73. The molecule has 1 unspecified atom stereocenters. The van der Waals surface area contributed by atoms with Crippen LogP contribution in [0.25, 0.3) is 11.1 Å². The minimum absolute atomic E-state index is 0.225. The van der Waals surface area contributed by atoms with Gasteiger partial charge < -0.3 is 9.47 Å². The molecule has 6 nitrogen and oxygen atoms in total. The second kappa shape index (κ2) is 10.3. The number of nitrogens with one attached hydrogen (secondary N) is 2. The number of aryl methyl sites for hydroxylation is 2. The van der Waals surface area contributed by atoms with Gasteiger partial charge in [0.2, 0.25) is 0 Å². The first kappa shape index (κ1) is 21.9. The first-order chi connectivity index (χ1) is 14.9. The van der Waals surface area contributed by atoms with Crippen molar-refractivity contribution >= 4 is 11.8 Å². The first-order valence-corrected chi connectivity index (χ1v) is 10.0. The van der Waals surface area contributed by atoms with Gasteiger partial charge >= 0.3 is 0 Å². The maximum absolute atomic E-state index is 12.2. The van der Waals surface area contributed by atoms with Gasteiger partial charge in [-0.2, -0.15) is 0 Å². The minimum atomic E-state index is -0.772. The number of hydrazine groups is 1. The summed E-state index contributed by atoms with van der Waals surface area (Å²) in [6.07, 6.45) is -0.772. The van der Waals surface area contributed by atoms with Crippen molar-refractivity contribution in [2.45, 2.75) is 26.9 Å². The highest BCUT2D eigenvalue weighted by Gasteiger charge is 2.17. The fourth-order valence-electron chi connectivity index (χ4n) is 3.01. The van der Waals surface area contributed by atoms with Crippen LogP contribution >= 0.6 is 0 Å². The third-order valence-electron chi connectivity index (χ3n) is 4.73. The zero-order chi connectivity index (χ0) is 22.2. The minimum Gasteiger partial charge on any atom is -0.484 e. The molecule has 3 aromatic carbocycles. The summed E-state index contributed by atoms with van der Waals surface area (Å²) in [5, 5.41) is 0. The molecule has 0 saturated carbocycles. The van der Waals surface area contributed by atoms with Gasteiger partial charge in [0.25, 0.3) is 11.8 Å². The molecule has 0 saturated heterocycles. The van der Waals surface area contributed by atoms with Gasteiger partial charge in [0.1, 0.15) is 11.5 Å². The quantitative estimate of drug-likeness (QED) is 0.570. The van der Waals surface area contributed by atoms with Crippen molar-refractivity contribution in [3.63, 3.8) is 0 Å². The number of para-hydroxylation sites is 1. The van der Waals surface area contributed by atoms with Crippen LogP contribution in [0.4, 0.5) is 0 Å². The fourth-order valence-corrected chi connectivity index (χ4v) is 3.01. The van der Waals surface area contributed by atoms with E-state index < -0.39 is 17.9 Å². The Bertz CT molecular complexity index is 1010. The van der Waals surface area contributed by atoms with Crippen molar-refractivity contribution in [3.8, 4) is 22.6 Å². The van der Waals surface area contributed by atoms with E-state index in [0.29, 0.717) is 11.5 Å². The second-order valence-electron chi connectivity index (χ2n) is 7.20. The molecule has 0 aliphatic rings. The fraction of sp³-hybridized carbons (Fsp3) is 0.200. The molecule has 0 aliphatic heterocycles. The summed E-state index contributed by atoms with van der Waals surface area (Å²) in [6, 6.07) is 23.2. The predicted molar refractivity (Wildman–Crippen MR) is 120 cm³/mol. The number of carbonyl (C=O) groups is 2. The smallest absolute Gasteiger partial charge is 0.279 e. The van der Waals surface area contributed by atoms with Gasteiger partial charge in [0.15, 0.2) is 12.7 Å². The van der Waals surface area contributed by atoms with Crippen molar-refractivity contribution in [1.82, 2.24) is 10.9 Å². The van der Waals surface area contributed by atoms with Crippen LogP contribution in [0.5, 0.6) is 11.5 Å². The SMILES string of the molecule is Cc1cccc(C)c1OC(C)C(=O)NNC(=O)COc1ccc(-c2ccccc2)cc1. The van der Waals surface area contributed by atoms with E-state index in [1.165, 1.54) is 0 Å². The van der Waals surface area contributed by atoms with Crippen molar-refractivity contribution in [1.29, 1.82) is 0 Å². The lowest BCUT2D eigenvalue weighted by Gasteiger charge is -2.18. The van der Waals surface area contributed by atoms with E-state index in [0.717, 1.165) is 22.3 Å². The third kappa shape index (κ3) is 6.09. The van der Waals surface area contributed by atoms with Gasteiger partial charge in [-0.3, -0.25) is 20.4 Å². The zero-order valence-electron chi connectivity index (χ0n) is 17.8. The Morgan fingerprint density at radius 1 is 0.806 bits per heavy atom. The van der Waals surface area contributed by atoms with Gasteiger partial charge in [-0.15, -0.1) is 0 Å². The molecule has 160 valence electrons. The molecular formula is C25H26N2O4. The molecule has 2 N–H and O–H groups in total. The number of amides is 2. The largest absolute Gasteiger partial charge is 0.484 e. The van der Waals surface area contributed by atoms with Crippen LogP contribution in [0.2, 0.25) is 0 Å². The summed E-state index contributed by atoms with van der Waals surface area (Å²) in [7, 11) is 0. The highest BCUT2D eigenvalue weighted by molar-refractivity contribution is 5.85. The number of rotatable bonds is 7. The summed E-state index contributed by atoms with van der Waals surface area (Å²) in [4.78, 5) is 24.2. The summed E-state index contributed by atoms with van der Waals surface area (Å²) in [5.41, 5.74) is 8.75. The monoisotopic (exact) mass is 418 g/mol. The molecule has 6 heteroatoms. The van der Waals surface area contributed by atoms with Crippen LogP contribution in [0.15, 0.2) is 72.8 Å². The summed E-state index contributed by atoms with van der Waals surface area (Å²) in [6.45, 7) is 5.23. The molecule has 3 rings (SSSR count). The average Bonchev–Trinajstić information content (AvgIpc) is 2.79. The normalized spacial score (nSPS) is 11.3. The van der Waals surface area contributed by atoms with Crippen LogP contribution in [-0.4, -0.2) is 24.5 Å². The molecule has 0 aromatic heterocycles. The Morgan fingerprint density at radius 2 is 1.42 bits per heavy atom. The van der Waals surface area contributed by atoms with Crippen LogP contribution in [0, 0.1) is 13.8 Å². The average molecular weight is 418 g/mol. The Balaban J connectivity index is 1.44. The van der Waals surface area contributed by atoms with Crippen molar-refractivity contribution in [3.05, 3.63) is 83.9 Å². The number of hydrogen-bond acceptors (Lipinski definition) is 4. The van der Waals surface area contributed by atoms with Crippen LogP contribution in [0.3, 0.4) is 0 Å². The van der Waals surface area contributed by atoms with Gasteiger partial charge in [0.05, 0.1) is 0 Å². The maximum Gasteiger partial charge on any atom is 0.279 e. The molecular weight excluding hydrogens is 392 g/mol. The summed E-state index contributed by atoms with van der Waals surface area (Å²) < 4.78 is 11.2. The highest BCUT2D eigenvalue weighted by atomic mass is 16.5. The molecule has 0 fully saturated rings. The highest BCUT2D eigenvalue weighted by Crippen LogP contribution is 2.24. The van der Waals surface area contributed by atoms with E-state index in [1.807, 2.05) is 74.5 Å². The van der Waals surface area contributed by atoms with E-state index >= 15 is 0 Å². The number of carbonyl (C=O) groups excluding carboxylic acids is 2. The van der Waals surface area contributed by atoms with E-state index in [1.54, 1.807) is 19.1 Å². The Hall–Kier alpha value is -3.80. The number of hydrogen-bond donors (Lipinski definition) is 2. The van der Waals surface area contributed by atoms with Crippen LogP contribution in [0.1, 0.15) is 18.1 Å². The second-order valence-corrected chi connectivity index (χ2v) is 7.20. The van der Waals surface area contributed by atoms with Crippen molar-refractivity contribution < 1.29 is 19.1 Å². The van der Waals surface area contributed by atoms with Gasteiger partial charge in [-0.1, -0.05) is 60.7 Å². The molecule has 3 aromatic rings. The Labute approximate surface area is 182 Å². The molecule has 31 heavy (non-hydrogen) atoms. The van der Waals surface area contributed by atoms with E-state index in [-0.39, 0.29) is 6.61 Å². The molecule has 0 heterocycles. The van der Waals surface area contributed by atoms with Gasteiger partial charge in [-0.05, 0) is 55.2 Å². The Morgan fingerprint density at radius 3 is 2.06 bits per heavy atom. The number of benzene rings is 3. The summed E-state index contributed by atoms with van der Waals surface area (Å²) in [5.74, 6) is 0.301. The van der Waals surface area contributed by atoms with Gasteiger partial charge in [0, 0.05) is 0 Å². The zero-order valence-corrected chi connectivity index (χ0v) is 17.8. The first-order valence-electron chi connectivity index (χ1n) is 10.0. The predicted octanol–water partition coefficient (Wildman–Crippen LogP) is 3.96. The number of ether oxygens (including phenoxy) is 2. The van der Waals surface area contributed by atoms with E-state index in [9.17, 15) is 9.59 Å². The Kier molecular flexibility index (Phi) is 7.27. The molecule has 0 spiro atoms. The summed E-state index contributed by atoms with van der Waals surface area (Å²) >= 11 is 0. The molecule has 0 radical (unpaired) electrons. The van der Waals surface area contributed by atoms with Crippen LogP contribution in [-0.2, 0) is 9.59 Å². The standard InChI is InChI=1S/C25H26N2O4/c1-17-8-7-9-18(2)24(17)31-19(3)25(29)27-26-23(28)16-30-22-14-12-21(13-15-22)20-10-5-4-6-11-20/h4-15,19H,16H2,1-3H3,(H,26,28)(H,27,29). The molecule has 2 amide bonds. The van der Waals surface area contributed by atoms with Crippen molar-refractivity contribution in [2.24, 2.45) is 0 Å². The molecule has 0 bridgehead atoms. The lowest BCUT2D eigenvalue weighted by atomic mass is 10.1. The molecule has 1 atom stereocenters. The lowest BCUT2D eigenvalue weighted by Crippen LogP contribution is -2.48. The topological polar surface area (TPSA) is 76.7 Å². The lowest BCUT2D eigenvalue weighted by molar-refractivity contribution is -0.133. The van der Waals surface area contributed by atoms with Gasteiger partial charge in [-0.25, -0.2) is 0 Å².